The van der Waals surface area contributed by atoms with Crippen molar-refractivity contribution in [3.05, 3.63) is 40.7 Å². The molecule has 0 unspecified atom stereocenters. The summed E-state index contributed by atoms with van der Waals surface area (Å²) in [6, 6.07) is 3.37. The van der Waals surface area contributed by atoms with Gasteiger partial charge in [0, 0.05) is 29.6 Å². The van der Waals surface area contributed by atoms with Crippen LogP contribution in [0.4, 0.5) is 5.13 Å². The summed E-state index contributed by atoms with van der Waals surface area (Å²) in [5, 5.41) is 5.48. The predicted octanol–water partition coefficient (Wildman–Crippen LogP) is 2.13. The first-order valence-electron chi connectivity index (χ1n) is 6.18. The number of aromatic nitrogens is 2. The standard InChI is InChI=1S/C13H14N4OS/c14-6-10-5-9(3-4-15-10)12(18)17-13-16-11(7-19-13)8-1-2-8/h3-5,7-8H,1-2,6,14H2,(H,16,17,18). The van der Waals surface area contributed by atoms with Crippen LogP contribution in [0.25, 0.3) is 0 Å². The zero-order valence-corrected chi connectivity index (χ0v) is 11.1. The molecule has 0 atom stereocenters. The molecular formula is C13H14N4OS. The molecule has 1 aliphatic rings. The van der Waals surface area contributed by atoms with Crippen LogP contribution in [0.1, 0.15) is 40.5 Å². The second kappa shape index (κ2) is 5.07. The van der Waals surface area contributed by atoms with E-state index in [1.807, 2.05) is 5.38 Å². The molecule has 2 aromatic heterocycles. The summed E-state index contributed by atoms with van der Waals surface area (Å²) in [7, 11) is 0. The van der Waals surface area contributed by atoms with Crippen molar-refractivity contribution >= 4 is 22.4 Å². The predicted molar refractivity (Wildman–Crippen MR) is 74.2 cm³/mol. The molecule has 5 nitrogen and oxygen atoms in total. The molecule has 3 rings (SSSR count). The Bertz CT molecular complexity index is 606. The number of pyridine rings is 1. The van der Waals surface area contributed by atoms with E-state index in [4.69, 9.17) is 5.73 Å². The van der Waals surface area contributed by atoms with Crippen molar-refractivity contribution in [3.8, 4) is 0 Å². The third kappa shape index (κ3) is 2.80. The Morgan fingerprint density at radius 1 is 1.53 bits per heavy atom. The first-order chi connectivity index (χ1) is 9.26. The van der Waals surface area contributed by atoms with Crippen LogP contribution in [-0.4, -0.2) is 15.9 Å². The summed E-state index contributed by atoms with van der Waals surface area (Å²) in [6.07, 6.45) is 4.01. The molecule has 1 amide bonds. The number of nitrogens with one attached hydrogen (secondary N) is 1. The number of anilines is 1. The average molecular weight is 274 g/mol. The molecule has 0 saturated heterocycles. The van der Waals surface area contributed by atoms with Gasteiger partial charge in [0.05, 0.1) is 11.4 Å². The van der Waals surface area contributed by atoms with Gasteiger partial charge >= 0.3 is 0 Å². The Labute approximate surface area is 114 Å². The van der Waals surface area contributed by atoms with Gasteiger partial charge in [0.15, 0.2) is 5.13 Å². The van der Waals surface area contributed by atoms with Crippen LogP contribution in [0, 0.1) is 0 Å². The van der Waals surface area contributed by atoms with Gasteiger partial charge in [-0.05, 0) is 25.0 Å². The van der Waals surface area contributed by atoms with E-state index in [0.29, 0.717) is 28.9 Å². The summed E-state index contributed by atoms with van der Waals surface area (Å²) in [4.78, 5) is 20.6. The Morgan fingerprint density at radius 3 is 3.11 bits per heavy atom. The lowest BCUT2D eigenvalue weighted by Gasteiger charge is -2.03. The monoisotopic (exact) mass is 274 g/mol. The minimum Gasteiger partial charge on any atom is -0.325 e. The molecule has 19 heavy (non-hydrogen) atoms. The molecule has 0 aliphatic heterocycles. The zero-order valence-electron chi connectivity index (χ0n) is 10.3. The largest absolute Gasteiger partial charge is 0.325 e. The van der Waals surface area contributed by atoms with Crippen LogP contribution >= 0.6 is 11.3 Å². The number of carbonyl (C=O) groups excluding carboxylic acids is 1. The highest BCUT2D eigenvalue weighted by Gasteiger charge is 2.26. The maximum absolute atomic E-state index is 12.1. The quantitative estimate of drug-likeness (QED) is 0.895. The summed E-state index contributed by atoms with van der Waals surface area (Å²) in [5.41, 5.74) is 7.86. The van der Waals surface area contributed by atoms with Gasteiger partial charge in [-0.3, -0.25) is 15.1 Å². The zero-order chi connectivity index (χ0) is 13.2. The molecule has 2 heterocycles. The van der Waals surface area contributed by atoms with Gasteiger partial charge in [-0.15, -0.1) is 11.3 Å². The lowest BCUT2D eigenvalue weighted by atomic mass is 10.2. The molecule has 3 N–H and O–H groups in total. The highest BCUT2D eigenvalue weighted by atomic mass is 32.1. The maximum Gasteiger partial charge on any atom is 0.257 e. The van der Waals surface area contributed by atoms with Gasteiger partial charge in [0.25, 0.3) is 5.91 Å². The fourth-order valence-electron chi connectivity index (χ4n) is 1.81. The van der Waals surface area contributed by atoms with Gasteiger partial charge in [-0.1, -0.05) is 0 Å². The van der Waals surface area contributed by atoms with E-state index in [0.717, 1.165) is 5.69 Å². The Morgan fingerprint density at radius 2 is 2.37 bits per heavy atom. The number of thiazole rings is 1. The van der Waals surface area contributed by atoms with Gasteiger partial charge in [-0.2, -0.15) is 0 Å². The lowest BCUT2D eigenvalue weighted by Crippen LogP contribution is -2.13. The highest BCUT2D eigenvalue weighted by Crippen LogP contribution is 2.40. The van der Waals surface area contributed by atoms with E-state index in [1.54, 1.807) is 18.3 Å². The topological polar surface area (TPSA) is 80.9 Å². The molecular weight excluding hydrogens is 260 g/mol. The number of carbonyl (C=O) groups is 1. The first-order valence-corrected chi connectivity index (χ1v) is 7.06. The van der Waals surface area contributed by atoms with Crippen molar-refractivity contribution in [2.75, 3.05) is 5.32 Å². The van der Waals surface area contributed by atoms with E-state index in [9.17, 15) is 4.79 Å². The molecule has 1 fully saturated rings. The average Bonchev–Trinajstić information content (AvgIpc) is 3.19. The lowest BCUT2D eigenvalue weighted by molar-refractivity contribution is 0.102. The smallest absolute Gasteiger partial charge is 0.257 e. The fraction of sp³-hybridized carbons (Fsp3) is 0.308. The van der Waals surface area contributed by atoms with Crippen LogP contribution in [0.2, 0.25) is 0 Å². The molecule has 0 spiro atoms. The molecule has 2 aromatic rings. The minimum atomic E-state index is -0.172. The van der Waals surface area contributed by atoms with Crippen molar-refractivity contribution in [2.45, 2.75) is 25.3 Å². The summed E-state index contributed by atoms with van der Waals surface area (Å²) < 4.78 is 0. The minimum absolute atomic E-state index is 0.172. The molecule has 0 aromatic carbocycles. The highest BCUT2D eigenvalue weighted by molar-refractivity contribution is 7.14. The number of nitrogens with zero attached hydrogens (tertiary/aromatic N) is 2. The Balaban J connectivity index is 1.72. The molecule has 0 radical (unpaired) electrons. The third-order valence-electron chi connectivity index (χ3n) is 3.03. The number of hydrogen-bond donors (Lipinski definition) is 2. The van der Waals surface area contributed by atoms with Crippen molar-refractivity contribution in [1.29, 1.82) is 0 Å². The van der Waals surface area contributed by atoms with Crippen LogP contribution < -0.4 is 11.1 Å². The van der Waals surface area contributed by atoms with Crippen molar-refractivity contribution in [2.24, 2.45) is 5.73 Å². The van der Waals surface area contributed by atoms with Crippen LogP contribution in [0.3, 0.4) is 0 Å². The Kier molecular flexibility index (Phi) is 3.27. The van der Waals surface area contributed by atoms with Gasteiger partial charge in [0.1, 0.15) is 0 Å². The van der Waals surface area contributed by atoms with E-state index in [1.165, 1.54) is 24.2 Å². The molecule has 1 aliphatic carbocycles. The van der Waals surface area contributed by atoms with Gasteiger partial charge in [0.2, 0.25) is 0 Å². The summed E-state index contributed by atoms with van der Waals surface area (Å²) in [5.74, 6) is 0.431. The molecule has 98 valence electrons. The normalized spacial score (nSPS) is 14.4. The van der Waals surface area contributed by atoms with Crippen LogP contribution in [-0.2, 0) is 6.54 Å². The summed E-state index contributed by atoms with van der Waals surface area (Å²) >= 11 is 1.47. The van der Waals surface area contributed by atoms with Crippen molar-refractivity contribution in [3.63, 3.8) is 0 Å². The van der Waals surface area contributed by atoms with E-state index < -0.39 is 0 Å². The number of hydrogen-bond acceptors (Lipinski definition) is 5. The van der Waals surface area contributed by atoms with Gasteiger partial charge < -0.3 is 5.73 Å². The van der Waals surface area contributed by atoms with E-state index >= 15 is 0 Å². The van der Waals surface area contributed by atoms with E-state index in [2.05, 4.69) is 15.3 Å². The number of nitrogens with two attached hydrogens (primary N) is 1. The third-order valence-corrected chi connectivity index (χ3v) is 3.80. The number of amides is 1. The van der Waals surface area contributed by atoms with Crippen molar-refractivity contribution < 1.29 is 4.79 Å². The maximum atomic E-state index is 12.1. The SMILES string of the molecule is NCc1cc(C(=O)Nc2nc(C3CC3)cs2)ccn1. The van der Waals surface area contributed by atoms with Crippen molar-refractivity contribution in [1.82, 2.24) is 9.97 Å². The second-order valence-corrected chi connectivity index (χ2v) is 5.40. The number of rotatable bonds is 4. The fourth-order valence-corrected chi connectivity index (χ4v) is 2.60. The molecule has 1 saturated carbocycles. The summed E-state index contributed by atoms with van der Waals surface area (Å²) in [6.45, 7) is 0.324. The van der Waals surface area contributed by atoms with Crippen LogP contribution in [0.15, 0.2) is 23.7 Å². The first kappa shape index (κ1) is 12.3. The molecule has 0 bridgehead atoms. The van der Waals surface area contributed by atoms with Gasteiger partial charge in [-0.25, -0.2) is 4.98 Å². The molecule has 6 heteroatoms. The second-order valence-electron chi connectivity index (χ2n) is 4.55. The van der Waals surface area contributed by atoms with E-state index in [-0.39, 0.29) is 5.91 Å². The van der Waals surface area contributed by atoms with Crippen LogP contribution in [0.5, 0.6) is 0 Å². The Hall–Kier alpha value is -1.79.